The van der Waals surface area contributed by atoms with Gasteiger partial charge in [0.15, 0.2) is 17.5 Å². The highest BCUT2D eigenvalue weighted by Gasteiger charge is 2.73. The van der Waals surface area contributed by atoms with Crippen LogP contribution in [-0.4, -0.2) is 86.9 Å². The molecule has 0 fully saturated rings. The van der Waals surface area contributed by atoms with Gasteiger partial charge in [-0.05, 0) is 19.8 Å². The summed E-state index contributed by atoms with van der Waals surface area (Å²) < 4.78 is 345. The van der Waals surface area contributed by atoms with E-state index in [-0.39, 0.29) is 0 Å². The molecule has 31 heteroatoms. The number of rotatable bonds is 14. The quantitative estimate of drug-likeness (QED) is 0.163. The molecular weight excluding hydrogens is 901 g/mol. The lowest BCUT2D eigenvalue weighted by atomic mass is 9.88. The normalized spacial score (nSPS) is 21.0. The number of halogens is 27. The third-order valence-electron chi connectivity index (χ3n) is 6.54. The Balaban J connectivity index is -0.000000784. The molecular formula is C27H27F27O4. The van der Waals surface area contributed by atoms with E-state index >= 15 is 0 Å². The highest BCUT2D eigenvalue weighted by Crippen LogP contribution is 2.51. The van der Waals surface area contributed by atoms with Gasteiger partial charge in [0.1, 0.15) is 6.42 Å². The first kappa shape index (κ1) is 59.5. The molecule has 348 valence electrons. The molecule has 58 heavy (non-hydrogen) atoms. The van der Waals surface area contributed by atoms with Gasteiger partial charge in [-0.1, -0.05) is 27.0 Å². The van der Waals surface area contributed by atoms with Gasteiger partial charge >= 0.3 is 55.2 Å². The van der Waals surface area contributed by atoms with E-state index in [0.717, 1.165) is 6.92 Å². The molecule has 4 nitrogen and oxygen atoms in total. The van der Waals surface area contributed by atoms with Gasteiger partial charge in [-0.2, -0.15) is 92.2 Å². The minimum atomic E-state index is -6.18. The van der Waals surface area contributed by atoms with Crippen molar-refractivity contribution in [2.75, 3.05) is 20.4 Å². The molecule has 1 aliphatic heterocycles. The first-order valence-electron chi connectivity index (χ1n) is 14.2. The summed E-state index contributed by atoms with van der Waals surface area (Å²) in [5, 5.41) is 0. The highest BCUT2D eigenvalue weighted by molar-refractivity contribution is 5.18. The van der Waals surface area contributed by atoms with Crippen molar-refractivity contribution in [2.45, 2.75) is 107 Å². The number of alkyl halides is 24. The van der Waals surface area contributed by atoms with E-state index in [1.165, 1.54) is 0 Å². The summed E-state index contributed by atoms with van der Waals surface area (Å²) in [5.74, 6) is -8.00. The average molecular weight is 928 g/mol. The first-order valence-corrected chi connectivity index (χ1v) is 14.2. The average Bonchev–Trinajstić information content (AvgIpc) is 2.97. The molecule has 0 spiro atoms. The summed E-state index contributed by atoms with van der Waals surface area (Å²) in [7, 11) is 0.500. The lowest BCUT2D eigenvalue weighted by Crippen LogP contribution is -2.58. The molecule has 0 radical (unpaired) electrons. The summed E-state index contributed by atoms with van der Waals surface area (Å²) in [4.78, 5) is 0. The molecule has 3 atom stereocenters. The molecule has 1 aliphatic rings. The van der Waals surface area contributed by atoms with Crippen molar-refractivity contribution in [3.05, 3.63) is 36.7 Å². The third kappa shape index (κ3) is 16.3. The maximum Gasteiger partial charge on any atom is 0.431 e. The molecule has 0 aromatic rings. The van der Waals surface area contributed by atoms with Crippen LogP contribution >= 0.6 is 0 Å². The molecule has 1 rings (SSSR count). The van der Waals surface area contributed by atoms with Crippen LogP contribution in [0.15, 0.2) is 36.7 Å². The van der Waals surface area contributed by atoms with Crippen LogP contribution in [0, 0.1) is 5.41 Å². The van der Waals surface area contributed by atoms with Crippen molar-refractivity contribution >= 4 is 0 Å². The van der Waals surface area contributed by atoms with Crippen LogP contribution in [0.25, 0.3) is 0 Å². The predicted molar refractivity (Wildman–Crippen MR) is 140 cm³/mol. The van der Waals surface area contributed by atoms with Crippen LogP contribution in [0.4, 0.5) is 119 Å². The van der Waals surface area contributed by atoms with Crippen molar-refractivity contribution in [1.82, 2.24) is 0 Å². The Morgan fingerprint density at radius 2 is 1.07 bits per heavy atom. The molecule has 0 aromatic heterocycles. The van der Waals surface area contributed by atoms with E-state index < -0.39 is 128 Å². The Labute approximate surface area is 307 Å². The zero-order valence-electron chi connectivity index (χ0n) is 28.9. The molecule has 1 heterocycles. The van der Waals surface area contributed by atoms with Crippen molar-refractivity contribution in [3.63, 3.8) is 0 Å². The summed E-state index contributed by atoms with van der Waals surface area (Å²) >= 11 is 0. The van der Waals surface area contributed by atoms with Crippen LogP contribution < -0.4 is 0 Å². The van der Waals surface area contributed by atoms with Crippen LogP contribution in [0.3, 0.4) is 0 Å². The maximum atomic E-state index is 14.0. The van der Waals surface area contributed by atoms with Gasteiger partial charge in [-0.15, -0.1) is 0 Å². The lowest BCUT2D eigenvalue weighted by molar-refractivity contribution is -0.438. The van der Waals surface area contributed by atoms with Crippen molar-refractivity contribution in [2.24, 2.45) is 5.41 Å². The van der Waals surface area contributed by atoms with Crippen molar-refractivity contribution in [3.8, 4) is 0 Å². The highest BCUT2D eigenvalue weighted by atomic mass is 19.4. The van der Waals surface area contributed by atoms with Gasteiger partial charge in [0.05, 0.1) is 25.8 Å². The Morgan fingerprint density at radius 3 is 1.38 bits per heavy atom. The fraction of sp³-hybridized carbons (Fsp3) is 0.778. The fourth-order valence-electron chi connectivity index (χ4n) is 2.98. The molecule has 3 unspecified atom stereocenters. The van der Waals surface area contributed by atoms with E-state index in [0.29, 0.717) is 21.0 Å². The smallest absolute Gasteiger partial charge is 0.376 e. The fourth-order valence-corrected chi connectivity index (χ4v) is 2.98. The zero-order chi connectivity index (χ0) is 47.8. The van der Waals surface area contributed by atoms with Gasteiger partial charge in [0, 0.05) is 6.08 Å². The molecule has 0 bridgehead atoms. The molecule has 0 N–H and O–H groups in total. The Morgan fingerprint density at radius 1 is 0.672 bits per heavy atom. The summed E-state index contributed by atoms with van der Waals surface area (Å²) in [6, 6.07) is 0. The minimum Gasteiger partial charge on any atom is -0.376 e. The third-order valence-corrected chi connectivity index (χ3v) is 6.54. The van der Waals surface area contributed by atoms with Crippen LogP contribution in [0.1, 0.15) is 40.0 Å². The number of hydrogen-bond donors (Lipinski definition) is 0. The SMILES string of the molecule is C=C(F)C(F)(F)OC(F)(F)C(F)(CC)C(F)(F)F.C=C(F)C(F)(F)OC(F)(F)CC(F)(F)F.CCC(C)(COCC1(F)C=C(F)C(F)(F)OC1(F)F)C(F)(F)F.CF. The Hall–Kier alpha value is -2.83. The van der Waals surface area contributed by atoms with Gasteiger partial charge in [0.25, 0.3) is 5.67 Å². The van der Waals surface area contributed by atoms with Crippen LogP contribution in [0.5, 0.6) is 0 Å². The standard InChI is InChI=1S/C12H13F9O2.C8H7F9O.C6H4F8O.CH3F/c1-3-8(2,11(17,18)19)5-22-6-9(14)4-7(13)10(15,16)23-12(9,20)21;1-3-5(10,7(13,14)15)8(16,17)18-6(11,12)4(2)9;1-3(7)6(13,14)15-5(11,12)2-4(8,9)10;1-2/h4H,3,5-6H2,1-2H3;2-3H2,1H3;1-2H2;1H3. The molecule has 0 saturated carbocycles. The number of hydrogen-bond acceptors (Lipinski definition) is 4. The largest absolute Gasteiger partial charge is 0.431 e. The van der Waals surface area contributed by atoms with E-state index in [2.05, 4.69) is 18.9 Å². The Kier molecular flexibility index (Phi) is 20.2. The van der Waals surface area contributed by atoms with Gasteiger partial charge in [0.2, 0.25) is 5.67 Å². The van der Waals surface area contributed by atoms with Gasteiger partial charge in [-0.25, -0.2) is 36.2 Å². The van der Waals surface area contributed by atoms with E-state index in [4.69, 9.17) is 0 Å². The summed E-state index contributed by atoms with van der Waals surface area (Å²) in [5.41, 5.74) is -12.0. The molecule has 0 aromatic carbocycles. The van der Waals surface area contributed by atoms with E-state index in [9.17, 15) is 119 Å². The van der Waals surface area contributed by atoms with E-state index in [1.807, 2.05) is 13.2 Å². The van der Waals surface area contributed by atoms with E-state index in [1.54, 1.807) is 0 Å². The van der Waals surface area contributed by atoms with Gasteiger partial charge < -0.3 is 4.74 Å². The second-order valence-corrected chi connectivity index (χ2v) is 11.0. The lowest BCUT2D eigenvalue weighted by Gasteiger charge is -2.37. The Bertz CT molecular complexity index is 1350. The summed E-state index contributed by atoms with van der Waals surface area (Å²) in [6.45, 7) is 3.02. The maximum absolute atomic E-state index is 14.0. The second kappa shape index (κ2) is 19.7. The molecule has 0 saturated heterocycles. The minimum absolute atomic E-state index is 0.340. The van der Waals surface area contributed by atoms with Crippen molar-refractivity contribution in [1.29, 1.82) is 0 Å². The van der Waals surface area contributed by atoms with Crippen LogP contribution in [0.2, 0.25) is 0 Å². The first-order chi connectivity index (χ1) is 25.2. The molecule has 0 aliphatic carbocycles. The zero-order valence-corrected chi connectivity index (χ0v) is 28.9. The topological polar surface area (TPSA) is 36.9 Å². The summed E-state index contributed by atoms with van der Waals surface area (Å²) in [6.07, 6.45) is -54.5. The van der Waals surface area contributed by atoms with Crippen LogP contribution in [-0.2, 0) is 18.9 Å². The predicted octanol–water partition coefficient (Wildman–Crippen LogP) is 13.3. The van der Waals surface area contributed by atoms with Crippen molar-refractivity contribution < 1.29 is 137 Å². The van der Waals surface area contributed by atoms with Gasteiger partial charge in [-0.3, -0.25) is 4.39 Å². The second-order valence-electron chi connectivity index (χ2n) is 11.0. The number of ether oxygens (including phenoxy) is 4. The molecule has 0 amide bonds. The monoisotopic (exact) mass is 928 g/mol.